The molecule has 0 bridgehead atoms. The van der Waals surface area contributed by atoms with Gasteiger partial charge in [-0.2, -0.15) is 0 Å². The summed E-state index contributed by atoms with van der Waals surface area (Å²) in [6.45, 7) is 15.8. The van der Waals surface area contributed by atoms with E-state index in [1.165, 1.54) is 0 Å². The predicted octanol–water partition coefficient (Wildman–Crippen LogP) is 7.38. The lowest BCUT2D eigenvalue weighted by molar-refractivity contribution is -0.149. The van der Waals surface area contributed by atoms with E-state index in [2.05, 4.69) is 26.5 Å². The molecule has 234 valence electrons. The molecular weight excluding hydrogens is 577 g/mol. The van der Waals surface area contributed by atoms with Crippen molar-refractivity contribution >= 4 is 42.9 Å². The smallest absolute Gasteiger partial charge is 0.323 e. The second kappa shape index (κ2) is 17.6. The minimum Gasteiger partial charge on any atom is -0.462 e. The number of hydrogen-bond acceptors (Lipinski definition) is 9. The van der Waals surface area contributed by atoms with Crippen molar-refractivity contribution in [1.29, 1.82) is 0 Å². The summed E-state index contributed by atoms with van der Waals surface area (Å²) in [5.74, 6) is 1.29. The number of fused-ring (bicyclic) bond motifs is 1. The molecule has 42 heavy (non-hydrogen) atoms. The molecule has 1 fully saturated rings. The molecule has 12 heteroatoms. The lowest BCUT2D eigenvalue weighted by Gasteiger charge is -2.24. The Balaban J connectivity index is 0.00000148. The molecule has 10 nitrogen and oxygen atoms in total. The Morgan fingerprint density at radius 2 is 1.81 bits per heavy atom. The molecule has 1 aliphatic heterocycles. The van der Waals surface area contributed by atoms with E-state index < -0.39 is 14.6 Å². The third-order valence-corrected chi connectivity index (χ3v) is 7.63. The van der Waals surface area contributed by atoms with Crippen LogP contribution in [-0.4, -0.2) is 59.5 Å². The van der Waals surface area contributed by atoms with Crippen molar-refractivity contribution in [1.82, 2.24) is 19.6 Å². The first-order valence-electron chi connectivity index (χ1n) is 14.6. The number of nitrogens with zero attached hydrogens (tertiary/aromatic N) is 4. The van der Waals surface area contributed by atoms with Crippen LogP contribution in [0.3, 0.4) is 0 Å². The summed E-state index contributed by atoms with van der Waals surface area (Å²) in [7, 11) is 2.24. The number of anilines is 1. The van der Waals surface area contributed by atoms with Crippen LogP contribution < -0.4 is 14.5 Å². The van der Waals surface area contributed by atoms with Gasteiger partial charge in [0.2, 0.25) is 0 Å². The van der Waals surface area contributed by atoms with E-state index in [1.54, 1.807) is 37.5 Å². The highest BCUT2D eigenvalue weighted by Gasteiger charge is 2.35. The average molecular weight is 624 g/mol. The van der Waals surface area contributed by atoms with Gasteiger partial charge in [-0.15, -0.1) is 0 Å². The first kappa shape index (κ1) is 35.7. The number of nitrogens with one attached hydrogen (secondary N) is 1. The Morgan fingerprint density at radius 3 is 2.43 bits per heavy atom. The molecule has 0 spiro atoms. The van der Waals surface area contributed by atoms with Crippen molar-refractivity contribution in [3.8, 4) is 5.75 Å². The number of benzene rings is 1. The van der Waals surface area contributed by atoms with Gasteiger partial charge in [0.25, 0.3) is 0 Å². The van der Waals surface area contributed by atoms with Gasteiger partial charge in [0.1, 0.15) is 35.8 Å². The molecule has 0 saturated carbocycles. The van der Waals surface area contributed by atoms with E-state index >= 15 is 0 Å². The number of carbonyl (C=O) groups excluding carboxylic acids is 1. The monoisotopic (exact) mass is 623 g/mol. The van der Waals surface area contributed by atoms with Crippen LogP contribution in [0.2, 0.25) is 5.02 Å². The van der Waals surface area contributed by atoms with Gasteiger partial charge < -0.3 is 28.0 Å². The number of esters is 1. The van der Waals surface area contributed by atoms with Crippen molar-refractivity contribution in [3.05, 3.63) is 47.9 Å². The zero-order chi connectivity index (χ0) is 31.4. The minimum atomic E-state index is -1.68. The normalized spacial score (nSPS) is 19.3. The maximum Gasteiger partial charge on any atom is 0.323 e. The summed E-state index contributed by atoms with van der Waals surface area (Å²) in [5, 5.41) is 4.70. The summed E-state index contributed by atoms with van der Waals surface area (Å²) >= 11 is 6.01. The summed E-state index contributed by atoms with van der Waals surface area (Å²) in [4.78, 5) is 23.3. The van der Waals surface area contributed by atoms with E-state index in [1.807, 2.05) is 72.8 Å². The Morgan fingerprint density at radius 1 is 1.14 bits per heavy atom. The Hall–Kier alpha value is -2.49. The highest BCUT2D eigenvalue weighted by molar-refractivity contribution is 7.45. The van der Waals surface area contributed by atoms with Crippen LogP contribution in [0, 0.1) is 5.92 Å². The lowest BCUT2D eigenvalue weighted by atomic mass is 10.1. The van der Waals surface area contributed by atoms with Crippen LogP contribution in [0.25, 0.3) is 11.0 Å². The van der Waals surface area contributed by atoms with Crippen LogP contribution in [0.15, 0.2) is 42.9 Å². The molecule has 0 amide bonds. The van der Waals surface area contributed by atoms with E-state index in [0.29, 0.717) is 10.8 Å². The van der Waals surface area contributed by atoms with Crippen molar-refractivity contribution in [2.75, 3.05) is 25.6 Å². The molecule has 3 heterocycles. The average Bonchev–Trinajstić information content (AvgIpc) is 3.57. The van der Waals surface area contributed by atoms with Gasteiger partial charge in [-0.1, -0.05) is 46.2 Å². The number of aromatic nitrogens is 3. The number of halogens is 1. The topological polar surface area (TPSA) is 100.0 Å². The van der Waals surface area contributed by atoms with E-state index in [4.69, 9.17) is 30.1 Å². The zero-order valence-electron chi connectivity index (χ0n) is 26.5. The van der Waals surface area contributed by atoms with Crippen molar-refractivity contribution in [2.45, 2.75) is 86.3 Å². The zero-order valence-corrected chi connectivity index (χ0v) is 28.1. The Labute approximate surface area is 257 Å². The van der Waals surface area contributed by atoms with Gasteiger partial charge >= 0.3 is 14.5 Å². The number of ether oxygens (including phenoxy) is 2. The van der Waals surface area contributed by atoms with E-state index in [0.717, 1.165) is 23.3 Å². The maximum atomic E-state index is 12.4. The largest absolute Gasteiger partial charge is 0.462 e. The van der Waals surface area contributed by atoms with Gasteiger partial charge in [0.15, 0.2) is 0 Å². The quantitative estimate of drug-likeness (QED) is 0.173. The molecule has 1 saturated heterocycles. The number of rotatable bonds is 11. The van der Waals surface area contributed by atoms with Crippen LogP contribution in [0.1, 0.15) is 68.0 Å². The van der Waals surface area contributed by atoms with Gasteiger partial charge in [-0.05, 0) is 57.5 Å². The molecule has 0 radical (unpaired) electrons. The van der Waals surface area contributed by atoms with Crippen LogP contribution >= 0.6 is 20.1 Å². The molecule has 1 aliphatic rings. The van der Waals surface area contributed by atoms with Crippen molar-refractivity contribution in [2.24, 2.45) is 5.92 Å². The summed E-state index contributed by atoms with van der Waals surface area (Å²) < 4.78 is 26.0. The fourth-order valence-corrected chi connectivity index (χ4v) is 5.60. The Kier molecular flexibility index (Phi) is 14.9. The third kappa shape index (κ3) is 9.78. The molecule has 1 aromatic carbocycles. The van der Waals surface area contributed by atoms with Gasteiger partial charge in [0, 0.05) is 31.2 Å². The first-order valence-corrected chi connectivity index (χ1v) is 16.2. The molecule has 3 aromatic rings. The molecule has 0 aliphatic carbocycles. The maximum absolute atomic E-state index is 12.4. The highest BCUT2D eigenvalue weighted by Crippen LogP contribution is 2.41. The molecule has 5 unspecified atom stereocenters. The predicted molar refractivity (Wildman–Crippen MR) is 171 cm³/mol. The molecular formula is C30H47ClN5O5P. The summed E-state index contributed by atoms with van der Waals surface area (Å²) in [5.41, 5.74) is 0.828. The molecule has 2 aromatic heterocycles. The van der Waals surface area contributed by atoms with E-state index in [-0.39, 0.29) is 36.9 Å². The summed E-state index contributed by atoms with van der Waals surface area (Å²) in [6.07, 6.45) is 3.79. The lowest BCUT2D eigenvalue weighted by Crippen LogP contribution is -2.35. The van der Waals surface area contributed by atoms with Crippen LogP contribution in [0.4, 0.5) is 5.82 Å². The third-order valence-electron chi connectivity index (χ3n) is 6.02. The second-order valence-corrected chi connectivity index (χ2v) is 11.5. The first-order chi connectivity index (χ1) is 20.1. The van der Waals surface area contributed by atoms with E-state index in [9.17, 15) is 4.79 Å². The van der Waals surface area contributed by atoms with Gasteiger partial charge in [0.05, 0.1) is 24.2 Å². The number of carbonyl (C=O) groups is 1. The van der Waals surface area contributed by atoms with Crippen molar-refractivity contribution in [3.63, 3.8) is 0 Å². The summed E-state index contributed by atoms with van der Waals surface area (Å²) in [6, 6.07) is 8.38. The molecule has 5 atom stereocenters. The molecule has 4 rings (SSSR count). The standard InChI is InChI=1S/C26H35ClN5O5P.2C2H6/c1-16(2)35-26(33)18(4)30-38(37-20-9-7-19(27)8-10-20)34-14-21-13-17(3)25(36-21)32-12-11-22-23(31(5)6)28-15-29-24(22)32;2*1-2/h7-12,15-18,21,25,30H,13-14H2,1-6H3;2*1-2H3. The number of hydrogen-bond donors (Lipinski definition) is 1. The SMILES string of the molecule is CC.CC.CC(C)OC(=O)C(C)NP(OCC1CC(C)C(n2ccc3c(N(C)C)ncnc32)O1)Oc1ccc(Cl)cc1. The highest BCUT2D eigenvalue weighted by atomic mass is 35.5. The van der Waals surface area contributed by atoms with Crippen molar-refractivity contribution < 1.29 is 23.3 Å². The van der Waals surface area contributed by atoms with Crippen LogP contribution in [-0.2, 0) is 18.8 Å². The Bertz CT molecular complexity index is 1230. The fraction of sp³-hybridized carbons (Fsp3) is 0.567. The van der Waals surface area contributed by atoms with Gasteiger partial charge in [-0.25, -0.2) is 15.1 Å². The fourth-order valence-electron chi connectivity index (χ4n) is 4.26. The van der Waals surface area contributed by atoms with Crippen LogP contribution in [0.5, 0.6) is 5.75 Å². The van der Waals surface area contributed by atoms with Gasteiger partial charge in [-0.3, -0.25) is 4.79 Å². The molecule has 1 N–H and O–H groups in total. The minimum absolute atomic E-state index is 0.166. The second-order valence-electron chi connectivity index (χ2n) is 9.85.